The molecule has 2 atom stereocenters. The van der Waals surface area contributed by atoms with Crippen molar-refractivity contribution in [3.8, 4) is 0 Å². The van der Waals surface area contributed by atoms with Crippen molar-refractivity contribution in [2.24, 2.45) is 11.8 Å². The number of aliphatic carboxylic acids is 1. The molecule has 0 aromatic carbocycles. The van der Waals surface area contributed by atoms with Crippen LogP contribution in [0.2, 0.25) is 0 Å². The second-order valence-electron chi connectivity index (χ2n) is 6.31. The summed E-state index contributed by atoms with van der Waals surface area (Å²) in [6.45, 7) is 2.81. The second kappa shape index (κ2) is 7.09. The van der Waals surface area contributed by atoms with Gasteiger partial charge >= 0.3 is 5.97 Å². The molecular weight excluding hydrogens is 254 g/mol. The van der Waals surface area contributed by atoms with Crippen LogP contribution in [0.15, 0.2) is 0 Å². The van der Waals surface area contributed by atoms with E-state index in [1.165, 1.54) is 19.3 Å². The van der Waals surface area contributed by atoms with Gasteiger partial charge in [-0.15, -0.1) is 0 Å². The van der Waals surface area contributed by atoms with Gasteiger partial charge in [0.05, 0.1) is 5.92 Å². The summed E-state index contributed by atoms with van der Waals surface area (Å²) in [6.07, 6.45) is 8.97. The first-order valence-electron chi connectivity index (χ1n) is 8.16. The number of hydrogen-bond donors (Lipinski definition) is 1. The minimum atomic E-state index is -0.733. The lowest BCUT2D eigenvalue weighted by Gasteiger charge is -2.37. The molecule has 0 spiro atoms. The topological polar surface area (TPSA) is 57.6 Å². The highest BCUT2D eigenvalue weighted by atomic mass is 16.4. The molecule has 2 rings (SSSR count). The van der Waals surface area contributed by atoms with Gasteiger partial charge in [0, 0.05) is 18.5 Å². The molecule has 2 unspecified atom stereocenters. The fourth-order valence-corrected chi connectivity index (χ4v) is 3.86. The van der Waals surface area contributed by atoms with Crippen molar-refractivity contribution >= 4 is 11.9 Å². The van der Waals surface area contributed by atoms with Crippen LogP contribution in [0.4, 0.5) is 0 Å². The van der Waals surface area contributed by atoms with E-state index in [2.05, 4.69) is 0 Å². The van der Waals surface area contributed by atoms with Gasteiger partial charge < -0.3 is 10.0 Å². The normalized spacial score (nSPS) is 28.1. The monoisotopic (exact) mass is 281 g/mol. The number of carboxylic acid groups (broad SMARTS) is 1. The number of carboxylic acids is 1. The van der Waals surface area contributed by atoms with E-state index in [1.807, 2.05) is 11.8 Å². The Hall–Kier alpha value is -1.06. The van der Waals surface area contributed by atoms with E-state index in [1.54, 1.807) is 0 Å². The van der Waals surface area contributed by atoms with Crippen LogP contribution < -0.4 is 0 Å². The van der Waals surface area contributed by atoms with Crippen LogP contribution in [0.25, 0.3) is 0 Å². The third-order valence-electron chi connectivity index (χ3n) is 5.01. The van der Waals surface area contributed by atoms with Crippen LogP contribution in [0.1, 0.15) is 64.7 Å². The summed E-state index contributed by atoms with van der Waals surface area (Å²) in [5.41, 5.74) is 0. The van der Waals surface area contributed by atoms with E-state index in [0.29, 0.717) is 12.5 Å². The highest BCUT2D eigenvalue weighted by molar-refractivity contribution is 5.80. The maximum atomic E-state index is 12.7. The minimum Gasteiger partial charge on any atom is -0.481 e. The molecule has 0 bridgehead atoms. The first kappa shape index (κ1) is 15.3. The van der Waals surface area contributed by atoms with Gasteiger partial charge in [-0.3, -0.25) is 9.59 Å². The molecular formula is C16H27NO3. The number of amides is 1. The summed E-state index contributed by atoms with van der Waals surface area (Å²) in [5.74, 6) is -0.900. The zero-order chi connectivity index (χ0) is 14.5. The Balaban J connectivity index is 1.98. The number of rotatable bonds is 4. The number of hydrogen-bond acceptors (Lipinski definition) is 2. The molecule has 1 amide bonds. The third kappa shape index (κ3) is 3.53. The van der Waals surface area contributed by atoms with E-state index >= 15 is 0 Å². The summed E-state index contributed by atoms with van der Waals surface area (Å²) in [6, 6.07) is 0.395. The maximum Gasteiger partial charge on any atom is 0.306 e. The van der Waals surface area contributed by atoms with E-state index in [4.69, 9.17) is 5.11 Å². The third-order valence-corrected chi connectivity index (χ3v) is 5.01. The smallest absolute Gasteiger partial charge is 0.306 e. The highest BCUT2D eigenvalue weighted by Gasteiger charge is 2.35. The summed E-state index contributed by atoms with van der Waals surface area (Å²) >= 11 is 0. The van der Waals surface area contributed by atoms with Crippen LogP contribution in [-0.2, 0) is 9.59 Å². The lowest BCUT2D eigenvalue weighted by molar-refractivity contribution is -0.146. The van der Waals surface area contributed by atoms with E-state index < -0.39 is 5.97 Å². The average Bonchev–Trinajstić information content (AvgIpc) is 2.49. The summed E-state index contributed by atoms with van der Waals surface area (Å²) in [5, 5.41) is 9.16. The molecule has 2 saturated carbocycles. The molecule has 0 aliphatic heterocycles. The number of nitrogens with zero attached hydrogens (tertiary/aromatic N) is 1. The first-order chi connectivity index (χ1) is 9.63. The Kier molecular flexibility index (Phi) is 5.44. The van der Waals surface area contributed by atoms with Crippen molar-refractivity contribution in [3.05, 3.63) is 0 Å². The van der Waals surface area contributed by atoms with Crippen LogP contribution in [0.5, 0.6) is 0 Å². The molecule has 20 heavy (non-hydrogen) atoms. The standard InChI is InChI=1S/C16H27NO3/c1-2-17(14-9-4-3-5-10-14)15(18)12-7-6-8-13(11-12)16(19)20/h12-14H,2-11H2,1H3,(H,19,20). The van der Waals surface area contributed by atoms with Gasteiger partial charge in [-0.25, -0.2) is 0 Å². The van der Waals surface area contributed by atoms with Crippen LogP contribution >= 0.6 is 0 Å². The Morgan fingerprint density at radius 1 is 1.00 bits per heavy atom. The lowest BCUT2D eigenvalue weighted by Crippen LogP contribution is -2.45. The molecule has 114 valence electrons. The largest absolute Gasteiger partial charge is 0.481 e. The minimum absolute atomic E-state index is 0.0632. The van der Waals surface area contributed by atoms with E-state index in [-0.39, 0.29) is 17.7 Å². The number of carbonyl (C=O) groups is 2. The van der Waals surface area contributed by atoms with E-state index in [0.717, 1.165) is 38.6 Å². The Morgan fingerprint density at radius 2 is 1.65 bits per heavy atom. The van der Waals surface area contributed by atoms with Crippen molar-refractivity contribution in [2.75, 3.05) is 6.54 Å². The van der Waals surface area contributed by atoms with Crippen molar-refractivity contribution in [1.82, 2.24) is 4.90 Å². The Labute approximate surface area is 121 Å². The summed E-state index contributed by atoms with van der Waals surface area (Å²) in [7, 11) is 0. The zero-order valence-electron chi connectivity index (χ0n) is 12.5. The maximum absolute atomic E-state index is 12.7. The zero-order valence-corrected chi connectivity index (χ0v) is 12.5. The summed E-state index contributed by atoms with van der Waals surface area (Å²) < 4.78 is 0. The Morgan fingerprint density at radius 3 is 2.25 bits per heavy atom. The molecule has 2 fully saturated rings. The van der Waals surface area contributed by atoms with Gasteiger partial charge in [0.1, 0.15) is 0 Å². The SMILES string of the molecule is CCN(C(=O)C1CCCC(C(=O)O)C1)C1CCCCC1. The van der Waals surface area contributed by atoms with Gasteiger partial charge in [-0.2, -0.15) is 0 Å². The predicted molar refractivity (Wildman–Crippen MR) is 77.3 cm³/mol. The molecule has 4 nitrogen and oxygen atoms in total. The molecule has 2 aliphatic carbocycles. The molecule has 2 aliphatic rings. The fourth-order valence-electron chi connectivity index (χ4n) is 3.86. The first-order valence-corrected chi connectivity index (χ1v) is 8.16. The predicted octanol–water partition coefficient (Wildman–Crippen LogP) is 3.06. The Bertz CT molecular complexity index is 350. The van der Waals surface area contributed by atoms with Crippen LogP contribution in [0, 0.1) is 11.8 Å². The lowest BCUT2D eigenvalue weighted by atomic mass is 9.80. The van der Waals surface area contributed by atoms with E-state index in [9.17, 15) is 9.59 Å². The fraction of sp³-hybridized carbons (Fsp3) is 0.875. The molecule has 0 saturated heterocycles. The molecule has 4 heteroatoms. The molecule has 0 radical (unpaired) electrons. The van der Waals surface area contributed by atoms with Crippen LogP contribution in [0.3, 0.4) is 0 Å². The molecule has 0 aromatic rings. The average molecular weight is 281 g/mol. The van der Waals surface area contributed by atoms with Crippen LogP contribution in [-0.4, -0.2) is 34.5 Å². The second-order valence-corrected chi connectivity index (χ2v) is 6.31. The van der Waals surface area contributed by atoms with Gasteiger partial charge in [0.15, 0.2) is 0 Å². The quantitative estimate of drug-likeness (QED) is 0.861. The molecule has 1 N–H and O–H groups in total. The summed E-state index contributed by atoms with van der Waals surface area (Å²) in [4.78, 5) is 25.9. The van der Waals surface area contributed by atoms with Crippen molar-refractivity contribution in [2.45, 2.75) is 70.8 Å². The number of carbonyl (C=O) groups excluding carboxylic acids is 1. The van der Waals surface area contributed by atoms with Crippen molar-refractivity contribution < 1.29 is 14.7 Å². The van der Waals surface area contributed by atoms with Gasteiger partial charge in [-0.1, -0.05) is 25.7 Å². The van der Waals surface area contributed by atoms with Crippen molar-refractivity contribution in [1.29, 1.82) is 0 Å². The van der Waals surface area contributed by atoms with Crippen molar-refractivity contribution in [3.63, 3.8) is 0 Å². The van der Waals surface area contributed by atoms with Gasteiger partial charge in [0.2, 0.25) is 5.91 Å². The highest BCUT2D eigenvalue weighted by Crippen LogP contribution is 2.32. The van der Waals surface area contributed by atoms with Gasteiger partial charge in [0.25, 0.3) is 0 Å². The molecule has 0 heterocycles. The molecule has 0 aromatic heterocycles. The van der Waals surface area contributed by atoms with Gasteiger partial charge in [-0.05, 0) is 39.0 Å².